The third-order valence-electron chi connectivity index (χ3n) is 3.92. The van der Waals surface area contributed by atoms with Crippen LogP contribution in [0.3, 0.4) is 0 Å². The van der Waals surface area contributed by atoms with Crippen LogP contribution in [0, 0.1) is 13.8 Å². The fourth-order valence-corrected chi connectivity index (χ4v) is 4.43. The van der Waals surface area contributed by atoms with E-state index in [4.69, 9.17) is 0 Å². The SMILES string of the molecule is CCC(=O)N(c1nnc(SCC(=O)Nc2cc(C)cc(C)c2)s1)C1CC1. The number of benzene rings is 1. The molecule has 2 amide bonds. The lowest BCUT2D eigenvalue weighted by Crippen LogP contribution is -2.32. The number of nitrogens with zero attached hydrogens (tertiary/aromatic N) is 3. The van der Waals surface area contributed by atoms with Crippen molar-refractivity contribution in [3.8, 4) is 0 Å². The Balaban J connectivity index is 1.57. The van der Waals surface area contributed by atoms with Gasteiger partial charge in [-0.2, -0.15) is 0 Å². The van der Waals surface area contributed by atoms with Crippen molar-refractivity contribution in [2.75, 3.05) is 16.0 Å². The number of hydrogen-bond acceptors (Lipinski definition) is 6. The summed E-state index contributed by atoms with van der Waals surface area (Å²) in [6.07, 6.45) is 2.50. The monoisotopic (exact) mass is 390 g/mol. The number of aryl methyl sites for hydroxylation is 2. The van der Waals surface area contributed by atoms with Gasteiger partial charge in [0.1, 0.15) is 0 Å². The summed E-state index contributed by atoms with van der Waals surface area (Å²) in [4.78, 5) is 26.1. The first kappa shape index (κ1) is 18.8. The number of rotatable bonds is 7. The topological polar surface area (TPSA) is 75.2 Å². The summed E-state index contributed by atoms with van der Waals surface area (Å²) in [5, 5.41) is 11.8. The fraction of sp³-hybridized carbons (Fsp3) is 0.444. The summed E-state index contributed by atoms with van der Waals surface area (Å²) < 4.78 is 0.699. The van der Waals surface area contributed by atoms with Crippen LogP contribution in [-0.4, -0.2) is 33.8 Å². The molecule has 0 unspecified atom stereocenters. The molecule has 2 aromatic rings. The highest BCUT2D eigenvalue weighted by molar-refractivity contribution is 8.01. The maximum Gasteiger partial charge on any atom is 0.234 e. The molecular formula is C18H22N4O2S2. The van der Waals surface area contributed by atoms with E-state index in [1.807, 2.05) is 32.9 Å². The van der Waals surface area contributed by atoms with Crippen LogP contribution in [0.25, 0.3) is 0 Å². The predicted octanol–water partition coefficient (Wildman–Crippen LogP) is 3.79. The third-order valence-corrected chi connectivity index (χ3v) is 5.97. The van der Waals surface area contributed by atoms with Crippen molar-refractivity contribution in [1.82, 2.24) is 10.2 Å². The molecule has 0 spiro atoms. The van der Waals surface area contributed by atoms with E-state index in [1.54, 1.807) is 4.90 Å². The molecule has 0 bridgehead atoms. The minimum atomic E-state index is -0.0829. The van der Waals surface area contributed by atoms with E-state index in [0.29, 0.717) is 15.9 Å². The zero-order valence-corrected chi connectivity index (χ0v) is 16.7. The molecule has 3 rings (SSSR count). The Labute approximate surface area is 161 Å². The second-order valence-electron chi connectivity index (χ2n) is 6.41. The molecule has 0 aliphatic heterocycles. The second-order valence-corrected chi connectivity index (χ2v) is 8.59. The Hall–Kier alpha value is -1.93. The third kappa shape index (κ3) is 4.82. The smallest absolute Gasteiger partial charge is 0.234 e. The Kier molecular flexibility index (Phi) is 5.93. The number of aromatic nitrogens is 2. The molecule has 6 nitrogen and oxygen atoms in total. The Morgan fingerprint density at radius 3 is 2.54 bits per heavy atom. The van der Waals surface area contributed by atoms with Gasteiger partial charge in [0, 0.05) is 18.2 Å². The van der Waals surface area contributed by atoms with Crippen LogP contribution in [0.15, 0.2) is 22.5 Å². The fourth-order valence-electron chi connectivity index (χ4n) is 2.70. The van der Waals surface area contributed by atoms with E-state index in [0.717, 1.165) is 29.7 Å². The zero-order valence-electron chi connectivity index (χ0n) is 15.1. The standard InChI is InChI=1S/C18H22N4O2S2/c1-4-16(24)22(14-5-6-14)17-20-21-18(26-17)25-10-15(23)19-13-8-11(2)7-12(3)9-13/h7-9,14H,4-6,10H2,1-3H3,(H,19,23). The van der Waals surface area contributed by atoms with Crippen LogP contribution in [0.2, 0.25) is 0 Å². The summed E-state index contributed by atoms with van der Waals surface area (Å²) in [5.74, 6) is 0.250. The van der Waals surface area contributed by atoms with Crippen LogP contribution in [0.1, 0.15) is 37.3 Å². The largest absolute Gasteiger partial charge is 0.325 e. The average Bonchev–Trinajstić information content (AvgIpc) is 3.29. The van der Waals surface area contributed by atoms with Gasteiger partial charge in [-0.1, -0.05) is 36.1 Å². The number of thioether (sulfide) groups is 1. The van der Waals surface area contributed by atoms with E-state index in [9.17, 15) is 9.59 Å². The lowest BCUT2D eigenvalue weighted by atomic mass is 10.1. The molecule has 0 radical (unpaired) electrons. The van der Waals surface area contributed by atoms with Crippen LogP contribution >= 0.6 is 23.1 Å². The second kappa shape index (κ2) is 8.18. The molecule has 1 aromatic heterocycles. The van der Waals surface area contributed by atoms with Crippen LogP contribution in [0.5, 0.6) is 0 Å². The normalized spacial score (nSPS) is 13.5. The molecule has 0 atom stereocenters. The highest BCUT2D eigenvalue weighted by atomic mass is 32.2. The van der Waals surface area contributed by atoms with Gasteiger partial charge in [-0.15, -0.1) is 10.2 Å². The Bertz CT molecular complexity index is 797. The first-order valence-electron chi connectivity index (χ1n) is 8.62. The summed E-state index contributed by atoms with van der Waals surface area (Å²) >= 11 is 2.71. The minimum Gasteiger partial charge on any atom is -0.325 e. The Morgan fingerprint density at radius 2 is 1.92 bits per heavy atom. The van der Waals surface area contributed by atoms with Gasteiger partial charge in [0.05, 0.1) is 5.75 Å². The zero-order chi connectivity index (χ0) is 18.7. The van der Waals surface area contributed by atoms with Crippen molar-refractivity contribution in [3.63, 3.8) is 0 Å². The molecule has 1 aliphatic carbocycles. The molecule has 0 saturated heterocycles. The van der Waals surface area contributed by atoms with Crippen molar-refractivity contribution in [3.05, 3.63) is 29.3 Å². The summed E-state index contributed by atoms with van der Waals surface area (Å²) in [5.41, 5.74) is 3.03. The van der Waals surface area contributed by atoms with Gasteiger partial charge < -0.3 is 5.32 Å². The van der Waals surface area contributed by atoms with E-state index in [1.165, 1.54) is 23.1 Å². The van der Waals surface area contributed by atoms with E-state index in [2.05, 4.69) is 21.6 Å². The molecule has 138 valence electrons. The molecule has 1 heterocycles. The van der Waals surface area contributed by atoms with Gasteiger partial charge in [0.15, 0.2) is 4.34 Å². The molecule has 26 heavy (non-hydrogen) atoms. The summed E-state index contributed by atoms with van der Waals surface area (Å²) in [6, 6.07) is 6.22. The molecule has 8 heteroatoms. The van der Waals surface area contributed by atoms with Crippen molar-refractivity contribution in [2.45, 2.75) is 50.4 Å². The van der Waals surface area contributed by atoms with Crippen molar-refractivity contribution < 1.29 is 9.59 Å². The van der Waals surface area contributed by atoms with Gasteiger partial charge in [-0.05, 0) is 49.9 Å². The highest BCUT2D eigenvalue weighted by Gasteiger charge is 2.35. The molecular weight excluding hydrogens is 368 g/mol. The van der Waals surface area contributed by atoms with Crippen LogP contribution in [0.4, 0.5) is 10.8 Å². The maximum absolute atomic E-state index is 12.2. The molecule has 1 aromatic carbocycles. The van der Waals surface area contributed by atoms with E-state index < -0.39 is 0 Å². The minimum absolute atomic E-state index is 0.0766. The number of carbonyl (C=O) groups is 2. The van der Waals surface area contributed by atoms with Gasteiger partial charge in [-0.25, -0.2) is 0 Å². The molecule has 1 fully saturated rings. The van der Waals surface area contributed by atoms with Gasteiger partial charge in [-0.3, -0.25) is 14.5 Å². The average molecular weight is 391 g/mol. The lowest BCUT2D eigenvalue weighted by molar-refractivity contribution is -0.118. The maximum atomic E-state index is 12.2. The quantitative estimate of drug-likeness (QED) is 0.575. The van der Waals surface area contributed by atoms with Gasteiger partial charge in [0.2, 0.25) is 16.9 Å². The number of anilines is 2. The van der Waals surface area contributed by atoms with E-state index >= 15 is 0 Å². The van der Waals surface area contributed by atoms with Gasteiger partial charge in [0.25, 0.3) is 0 Å². The number of hydrogen-bond donors (Lipinski definition) is 1. The van der Waals surface area contributed by atoms with Crippen molar-refractivity contribution >= 4 is 45.7 Å². The highest BCUT2D eigenvalue weighted by Crippen LogP contribution is 2.36. The van der Waals surface area contributed by atoms with Crippen LogP contribution < -0.4 is 10.2 Å². The molecule has 1 N–H and O–H groups in total. The van der Waals surface area contributed by atoms with Crippen LogP contribution in [-0.2, 0) is 9.59 Å². The van der Waals surface area contributed by atoms with Gasteiger partial charge >= 0.3 is 0 Å². The number of carbonyl (C=O) groups excluding carboxylic acids is 2. The first-order valence-corrected chi connectivity index (χ1v) is 10.4. The Morgan fingerprint density at radius 1 is 1.23 bits per heavy atom. The molecule has 1 aliphatic rings. The summed E-state index contributed by atoms with van der Waals surface area (Å²) in [6.45, 7) is 5.86. The van der Waals surface area contributed by atoms with E-state index in [-0.39, 0.29) is 23.6 Å². The number of amides is 2. The molecule has 1 saturated carbocycles. The van der Waals surface area contributed by atoms with Crippen molar-refractivity contribution in [1.29, 1.82) is 0 Å². The lowest BCUT2D eigenvalue weighted by Gasteiger charge is -2.17. The van der Waals surface area contributed by atoms with Crippen molar-refractivity contribution in [2.24, 2.45) is 0 Å². The number of nitrogens with one attached hydrogen (secondary N) is 1. The predicted molar refractivity (Wildman–Crippen MR) is 106 cm³/mol. The summed E-state index contributed by atoms with van der Waals surface area (Å²) in [7, 11) is 0. The first-order chi connectivity index (χ1) is 12.5.